The van der Waals surface area contributed by atoms with Crippen molar-refractivity contribution in [2.24, 2.45) is 0 Å². The average Bonchev–Trinajstić information content (AvgIpc) is 3.33. The lowest BCUT2D eigenvalue weighted by molar-refractivity contribution is -0.115. The minimum absolute atomic E-state index is 0.142. The molecule has 3 heterocycles. The van der Waals surface area contributed by atoms with E-state index in [0.29, 0.717) is 22.4 Å². The fraction of sp³-hybridized carbons (Fsp3) is 0.333. The number of halogens is 1. The molecule has 0 aliphatic carbocycles. The largest absolute Gasteiger partial charge is 0.440 e. The number of nitrogens with zero attached hydrogens (tertiary/aromatic N) is 3. The fourth-order valence-corrected chi connectivity index (χ4v) is 4.20. The molecular weight excluding hydrogens is 408 g/mol. The van der Waals surface area contributed by atoms with Crippen molar-refractivity contribution in [3.63, 3.8) is 0 Å². The molecule has 1 fully saturated rings. The first-order valence-electron chi connectivity index (χ1n) is 9.52. The molecule has 0 atom stereocenters. The maximum Gasteiger partial charge on any atom is 0.236 e. The van der Waals surface area contributed by atoms with Gasteiger partial charge in [-0.1, -0.05) is 17.7 Å². The second kappa shape index (κ2) is 8.57. The molecule has 1 N–H and O–H groups in total. The number of benzene rings is 1. The zero-order valence-corrected chi connectivity index (χ0v) is 18.0. The molecule has 152 valence electrons. The van der Waals surface area contributed by atoms with Crippen LogP contribution in [0, 0.1) is 6.92 Å². The number of likely N-dealkylation sites (N-methyl/N-ethyl adjacent to an activating group) is 1. The van der Waals surface area contributed by atoms with Gasteiger partial charge in [0.1, 0.15) is 5.76 Å². The second-order valence-corrected chi connectivity index (χ2v) is 8.56. The van der Waals surface area contributed by atoms with Gasteiger partial charge in [0.15, 0.2) is 0 Å². The minimum atomic E-state index is -0.142. The summed E-state index contributed by atoms with van der Waals surface area (Å²) in [6.07, 6.45) is 0.148. The van der Waals surface area contributed by atoms with Crippen molar-refractivity contribution in [1.29, 1.82) is 0 Å². The van der Waals surface area contributed by atoms with E-state index in [9.17, 15) is 4.79 Å². The molecular formula is C21H23ClN4O2S. The van der Waals surface area contributed by atoms with Gasteiger partial charge in [-0.25, -0.2) is 4.98 Å². The van der Waals surface area contributed by atoms with Gasteiger partial charge in [-0.15, -0.1) is 11.3 Å². The predicted molar refractivity (Wildman–Crippen MR) is 118 cm³/mol. The minimum Gasteiger partial charge on any atom is -0.440 e. The van der Waals surface area contributed by atoms with Crippen LogP contribution in [0.1, 0.15) is 11.5 Å². The molecule has 6 nitrogen and oxygen atoms in total. The maximum atomic E-state index is 12.8. The molecule has 1 aliphatic heterocycles. The van der Waals surface area contributed by atoms with E-state index in [1.165, 1.54) is 0 Å². The van der Waals surface area contributed by atoms with Gasteiger partial charge in [0.2, 0.25) is 11.8 Å². The van der Waals surface area contributed by atoms with Crippen molar-refractivity contribution in [2.45, 2.75) is 13.3 Å². The number of carbonyl (C=O) groups excluding carboxylic acids is 1. The Morgan fingerprint density at radius 1 is 1.28 bits per heavy atom. The second-order valence-electron chi connectivity index (χ2n) is 7.18. The topological polar surface area (TPSA) is 61.6 Å². The standard InChI is InChI=1S/C21H23ClN4O2S/c1-14-16(24-21(28-14)19-4-3-11-29-19)13-20(27)23-17-12-15(22)5-6-18(17)26-9-7-25(2)8-10-26/h3-6,11-12H,7-10,13H2,1-2H3,(H,23,27). The Kier molecular flexibility index (Phi) is 5.89. The lowest BCUT2D eigenvalue weighted by Gasteiger charge is -2.35. The number of oxazole rings is 1. The summed E-state index contributed by atoms with van der Waals surface area (Å²) >= 11 is 7.76. The number of aromatic nitrogens is 1. The Balaban J connectivity index is 1.49. The number of hydrogen-bond acceptors (Lipinski definition) is 6. The Bertz CT molecular complexity index is 994. The quantitative estimate of drug-likeness (QED) is 0.654. The van der Waals surface area contributed by atoms with Gasteiger partial charge in [0.25, 0.3) is 0 Å². The highest BCUT2D eigenvalue weighted by atomic mass is 35.5. The van der Waals surface area contributed by atoms with Gasteiger partial charge in [0.05, 0.1) is 28.4 Å². The maximum absolute atomic E-state index is 12.8. The molecule has 1 saturated heterocycles. The molecule has 1 aromatic carbocycles. The molecule has 29 heavy (non-hydrogen) atoms. The summed E-state index contributed by atoms with van der Waals surface area (Å²) in [7, 11) is 2.12. The highest BCUT2D eigenvalue weighted by molar-refractivity contribution is 7.13. The van der Waals surface area contributed by atoms with E-state index in [0.717, 1.165) is 42.4 Å². The molecule has 1 aliphatic rings. The smallest absolute Gasteiger partial charge is 0.236 e. The third-order valence-electron chi connectivity index (χ3n) is 5.03. The van der Waals surface area contributed by atoms with E-state index in [1.54, 1.807) is 17.4 Å². The van der Waals surface area contributed by atoms with Crippen LogP contribution < -0.4 is 10.2 Å². The van der Waals surface area contributed by atoms with Gasteiger partial charge in [0, 0.05) is 31.2 Å². The molecule has 0 unspecified atom stereocenters. The van der Waals surface area contributed by atoms with Gasteiger partial charge in [-0.3, -0.25) is 4.79 Å². The predicted octanol–water partition coefficient (Wildman–Crippen LogP) is 4.30. The third-order valence-corrected chi connectivity index (χ3v) is 6.12. The lowest BCUT2D eigenvalue weighted by Crippen LogP contribution is -2.44. The zero-order chi connectivity index (χ0) is 20.4. The van der Waals surface area contributed by atoms with Crippen LogP contribution in [0.2, 0.25) is 5.02 Å². The Morgan fingerprint density at radius 2 is 2.07 bits per heavy atom. The number of thiophene rings is 1. The molecule has 0 radical (unpaired) electrons. The summed E-state index contributed by atoms with van der Waals surface area (Å²) in [6, 6.07) is 9.54. The molecule has 2 aromatic heterocycles. The molecule has 3 aromatic rings. The SMILES string of the molecule is Cc1oc(-c2cccs2)nc1CC(=O)Nc1cc(Cl)ccc1N1CCN(C)CC1. The van der Waals surface area contributed by atoms with Crippen molar-refractivity contribution in [1.82, 2.24) is 9.88 Å². The van der Waals surface area contributed by atoms with Gasteiger partial charge in [-0.05, 0) is 43.6 Å². The number of rotatable bonds is 5. The zero-order valence-electron chi connectivity index (χ0n) is 16.4. The first kappa shape index (κ1) is 19.9. The molecule has 0 bridgehead atoms. The molecule has 0 spiro atoms. The number of anilines is 2. The summed E-state index contributed by atoms with van der Waals surface area (Å²) in [6.45, 7) is 5.63. The van der Waals surface area contributed by atoms with Crippen LogP contribution in [0.4, 0.5) is 11.4 Å². The van der Waals surface area contributed by atoms with Crippen LogP contribution in [0.3, 0.4) is 0 Å². The molecule has 0 saturated carbocycles. The van der Waals surface area contributed by atoms with Crippen LogP contribution in [-0.4, -0.2) is 49.0 Å². The van der Waals surface area contributed by atoms with Crippen LogP contribution in [0.15, 0.2) is 40.1 Å². The van der Waals surface area contributed by atoms with Crippen molar-refractivity contribution in [3.05, 3.63) is 52.2 Å². The van der Waals surface area contributed by atoms with Crippen LogP contribution in [-0.2, 0) is 11.2 Å². The fourth-order valence-electron chi connectivity index (χ4n) is 3.38. The van der Waals surface area contributed by atoms with Crippen LogP contribution in [0.5, 0.6) is 0 Å². The number of piperazine rings is 1. The normalized spacial score (nSPS) is 14.9. The van der Waals surface area contributed by atoms with Crippen molar-refractivity contribution in [3.8, 4) is 10.8 Å². The van der Waals surface area contributed by atoms with Gasteiger partial charge >= 0.3 is 0 Å². The first-order chi connectivity index (χ1) is 14.0. The van der Waals surface area contributed by atoms with E-state index < -0.39 is 0 Å². The lowest BCUT2D eigenvalue weighted by atomic mass is 10.2. The van der Waals surface area contributed by atoms with E-state index in [1.807, 2.05) is 36.6 Å². The van der Waals surface area contributed by atoms with Crippen molar-refractivity contribution < 1.29 is 9.21 Å². The highest BCUT2D eigenvalue weighted by Crippen LogP contribution is 2.31. The first-order valence-corrected chi connectivity index (χ1v) is 10.8. The Morgan fingerprint density at radius 3 is 2.79 bits per heavy atom. The van der Waals surface area contributed by atoms with Crippen molar-refractivity contribution >= 4 is 40.2 Å². The summed E-state index contributed by atoms with van der Waals surface area (Å²) < 4.78 is 5.74. The van der Waals surface area contributed by atoms with E-state index >= 15 is 0 Å². The van der Waals surface area contributed by atoms with Crippen LogP contribution >= 0.6 is 22.9 Å². The summed E-state index contributed by atoms with van der Waals surface area (Å²) in [5.41, 5.74) is 2.37. The van der Waals surface area contributed by atoms with E-state index in [-0.39, 0.29) is 12.3 Å². The number of nitrogens with one attached hydrogen (secondary N) is 1. The number of aryl methyl sites for hydroxylation is 1. The molecule has 4 rings (SSSR count). The van der Waals surface area contributed by atoms with Crippen LogP contribution in [0.25, 0.3) is 10.8 Å². The number of hydrogen-bond donors (Lipinski definition) is 1. The molecule has 8 heteroatoms. The van der Waals surface area contributed by atoms with E-state index in [4.69, 9.17) is 16.0 Å². The summed E-state index contributed by atoms with van der Waals surface area (Å²) in [4.78, 5) is 22.8. The average molecular weight is 431 g/mol. The Labute approximate surface area is 179 Å². The Hall–Kier alpha value is -2.35. The summed E-state index contributed by atoms with van der Waals surface area (Å²) in [5, 5.41) is 5.59. The number of carbonyl (C=O) groups is 1. The van der Waals surface area contributed by atoms with Gasteiger partial charge < -0.3 is 19.5 Å². The molecule has 1 amide bonds. The van der Waals surface area contributed by atoms with Crippen molar-refractivity contribution in [2.75, 3.05) is 43.4 Å². The summed E-state index contributed by atoms with van der Waals surface area (Å²) in [5.74, 6) is 1.08. The highest BCUT2D eigenvalue weighted by Gasteiger charge is 2.20. The third kappa shape index (κ3) is 4.63. The monoisotopic (exact) mass is 430 g/mol. The van der Waals surface area contributed by atoms with E-state index in [2.05, 4.69) is 27.1 Å². The van der Waals surface area contributed by atoms with Gasteiger partial charge in [-0.2, -0.15) is 0 Å². The number of amides is 1.